The molecule has 0 N–H and O–H groups in total. The fourth-order valence-electron chi connectivity index (χ4n) is 3.03. The van der Waals surface area contributed by atoms with Gasteiger partial charge in [-0.15, -0.1) is 0 Å². The molecule has 30 heavy (non-hydrogen) atoms. The van der Waals surface area contributed by atoms with E-state index in [1.807, 2.05) is 43.3 Å². The summed E-state index contributed by atoms with van der Waals surface area (Å²) in [5.74, 6) is 1.34. The van der Waals surface area contributed by atoms with Gasteiger partial charge in [-0.3, -0.25) is 14.7 Å². The van der Waals surface area contributed by atoms with Gasteiger partial charge in [0.25, 0.3) is 5.91 Å². The number of benzene rings is 2. The van der Waals surface area contributed by atoms with Gasteiger partial charge < -0.3 is 9.47 Å². The van der Waals surface area contributed by atoms with Crippen LogP contribution in [0.2, 0.25) is 0 Å². The molecule has 0 aliphatic rings. The van der Waals surface area contributed by atoms with Crippen molar-refractivity contribution in [3.8, 4) is 11.5 Å². The number of anilines is 1. The zero-order chi connectivity index (χ0) is 20.9. The molecule has 0 saturated carbocycles. The molecule has 0 fully saturated rings. The third-order valence-corrected chi connectivity index (χ3v) is 5.56. The summed E-state index contributed by atoms with van der Waals surface area (Å²) in [5, 5.41) is 0.616. The summed E-state index contributed by atoms with van der Waals surface area (Å²) in [4.78, 5) is 24.1. The standard InChI is InChI=1S/C23H21N3O3S/c1-3-29-19-11-12-20-21(14-19)30-23(25-20)26(15-17-6-4-5-13-24-17)22(27)16-7-9-18(28-2)10-8-16/h4-14H,3,15H2,1-2H3. The van der Waals surface area contributed by atoms with Crippen LogP contribution >= 0.6 is 11.3 Å². The van der Waals surface area contributed by atoms with E-state index in [9.17, 15) is 4.79 Å². The van der Waals surface area contributed by atoms with Gasteiger partial charge in [-0.2, -0.15) is 0 Å². The number of ether oxygens (including phenoxy) is 2. The fourth-order valence-corrected chi connectivity index (χ4v) is 4.03. The number of pyridine rings is 1. The number of carbonyl (C=O) groups is 1. The second-order valence-corrected chi connectivity index (χ2v) is 7.51. The first kappa shape index (κ1) is 19.8. The Hall–Kier alpha value is -3.45. The van der Waals surface area contributed by atoms with E-state index < -0.39 is 0 Å². The maximum Gasteiger partial charge on any atom is 0.260 e. The van der Waals surface area contributed by atoms with Crippen molar-refractivity contribution >= 4 is 32.6 Å². The van der Waals surface area contributed by atoms with E-state index in [0.29, 0.717) is 29.6 Å². The van der Waals surface area contributed by atoms with Crippen LogP contribution in [0.5, 0.6) is 11.5 Å². The first-order chi connectivity index (χ1) is 14.7. The number of hydrogen-bond donors (Lipinski definition) is 0. The minimum atomic E-state index is -0.146. The molecule has 0 bridgehead atoms. The molecule has 0 unspecified atom stereocenters. The van der Waals surface area contributed by atoms with Crippen molar-refractivity contribution in [2.45, 2.75) is 13.5 Å². The van der Waals surface area contributed by atoms with Crippen LogP contribution < -0.4 is 14.4 Å². The van der Waals surface area contributed by atoms with Crippen LogP contribution in [0.1, 0.15) is 23.0 Å². The highest BCUT2D eigenvalue weighted by Gasteiger charge is 2.22. The SMILES string of the molecule is CCOc1ccc2nc(N(Cc3ccccn3)C(=O)c3ccc(OC)cc3)sc2c1. The highest BCUT2D eigenvalue weighted by atomic mass is 32.1. The molecule has 0 saturated heterocycles. The first-order valence-electron chi connectivity index (χ1n) is 9.57. The van der Waals surface area contributed by atoms with Gasteiger partial charge in [-0.05, 0) is 61.5 Å². The normalized spacial score (nSPS) is 10.7. The molecular formula is C23H21N3O3S. The van der Waals surface area contributed by atoms with E-state index in [-0.39, 0.29) is 5.91 Å². The molecule has 0 aliphatic heterocycles. The summed E-state index contributed by atoms with van der Waals surface area (Å²) >= 11 is 1.46. The Balaban J connectivity index is 1.72. The quantitative estimate of drug-likeness (QED) is 0.424. The lowest BCUT2D eigenvalue weighted by molar-refractivity contribution is 0.0985. The Morgan fingerprint density at radius 3 is 2.57 bits per heavy atom. The Morgan fingerprint density at radius 1 is 1.07 bits per heavy atom. The summed E-state index contributed by atoms with van der Waals surface area (Å²) in [5.41, 5.74) is 2.17. The second kappa shape index (κ2) is 8.92. The zero-order valence-corrected chi connectivity index (χ0v) is 17.6. The number of amides is 1. The molecule has 0 atom stereocenters. The molecule has 4 rings (SSSR count). The maximum atomic E-state index is 13.4. The highest BCUT2D eigenvalue weighted by molar-refractivity contribution is 7.22. The van der Waals surface area contributed by atoms with E-state index in [1.165, 1.54) is 11.3 Å². The van der Waals surface area contributed by atoms with Crippen molar-refractivity contribution in [3.63, 3.8) is 0 Å². The molecule has 2 heterocycles. The Labute approximate surface area is 178 Å². The largest absolute Gasteiger partial charge is 0.497 e. The summed E-state index contributed by atoms with van der Waals surface area (Å²) in [6.07, 6.45) is 1.72. The molecular weight excluding hydrogens is 398 g/mol. The van der Waals surface area contributed by atoms with E-state index in [0.717, 1.165) is 21.7 Å². The van der Waals surface area contributed by atoms with E-state index in [1.54, 1.807) is 42.5 Å². The molecule has 4 aromatic rings. The lowest BCUT2D eigenvalue weighted by Gasteiger charge is -2.19. The summed E-state index contributed by atoms with van der Waals surface area (Å²) in [6, 6.07) is 18.5. The first-order valence-corrected chi connectivity index (χ1v) is 10.4. The average molecular weight is 420 g/mol. The highest BCUT2D eigenvalue weighted by Crippen LogP contribution is 2.33. The number of rotatable bonds is 7. The number of nitrogens with zero attached hydrogens (tertiary/aromatic N) is 3. The number of thiazole rings is 1. The van der Waals surface area contributed by atoms with Crippen LogP contribution in [0.25, 0.3) is 10.2 Å². The van der Waals surface area contributed by atoms with Gasteiger partial charge in [0.2, 0.25) is 0 Å². The summed E-state index contributed by atoms with van der Waals surface area (Å²) in [6.45, 7) is 2.87. The Kier molecular flexibility index (Phi) is 5.90. The molecule has 0 spiro atoms. The van der Waals surface area contributed by atoms with Crippen molar-refractivity contribution in [1.29, 1.82) is 0 Å². The molecule has 0 aliphatic carbocycles. The number of hydrogen-bond acceptors (Lipinski definition) is 6. The van der Waals surface area contributed by atoms with Crippen LogP contribution in [-0.2, 0) is 6.54 Å². The van der Waals surface area contributed by atoms with Gasteiger partial charge >= 0.3 is 0 Å². The number of fused-ring (bicyclic) bond motifs is 1. The van der Waals surface area contributed by atoms with E-state index >= 15 is 0 Å². The van der Waals surface area contributed by atoms with Gasteiger partial charge in [0.1, 0.15) is 11.5 Å². The van der Waals surface area contributed by atoms with Gasteiger partial charge in [0.05, 0.1) is 36.2 Å². The van der Waals surface area contributed by atoms with Gasteiger partial charge in [-0.1, -0.05) is 17.4 Å². The van der Waals surface area contributed by atoms with Gasteiger partial charge in [0.15, 0.2) is 5.13 Å². The minimum Gasteiger partial charge on any atom is -0.497 e. The number of carbonyl (C=O) groups excluding carboxylic acids is 1. The summed E-state index contributed by atoms with van der Waals surface area (Å²) < 4.78 is 11.8. The van der Waals surface area contributed by atoms with Gasteiger partial charge in [0, 0.05) is 11.8 Å². The molecule has 1 amide bonds. The lowest BCUT2D eigenvalue weighted by atomic mass is 10.2. The van der Waals surface area contributed by atoms with Crippen molar-refractivity contribution in [3.05, 3.63) is 78.1 Å². The van der Waals surface area contributed by atoms with Gasteiger partial charge in [-0.25, -0.2) is 4.98 Å². The minimum absolute atomic E-state index is 0.146. The van der Waals surface area contributed by atoms with Crippen LogP contribution in [0.4, 0.5) is 5.13 Å². The van der Waals surface area contributed by atoms with E-state index in [4.69, 9.17) is 14.5 Å². The molecule has 6 nitrogen and oxygen atoms in total. The van der Waals surface area contributed by atoms with Crippen molar-refractivity contribution < 1.29 is 14.3 Å². The van der Waals surface area contributed by atoms with Crippen molar-refractivity contribution in [2.75, 3.05) is 18.6 Å². The molecule has 2 aromatic carbocycles. The molecule has 0 radical (unpaired) electrons. The van der Waals surface area contributed by atoms with Crippen LogP contribution in [0.15, 0.2) is 66.9 Å². The second-order valence-electron chi connectivity index (χ2n) is 6.50. The summed E-state index contributed by atoms with van der Waals surface area (Å²) in [7, 11) is 1.60. The fraction of sp³-hybridized carbons (Fsp3) is 0.174. The van der Waals surface area contributed by atoms with Crippen molar-refractivity contribution in [2.24, 2.45) is 0 Å². The van der Waals surface area contributed by atoms with Crippen LogP contribution in [0, 0.1) is 0 Å². The van der Waals surface area contributed by atoms with E-state index in [2.05, 4.69) is 4.98 Å². The molecule has 2 aromatic heterocycles. The maximum absolute atomic E-state index is 13.4. The Morgan fingerprint density at radius 2 is 1.87 bits per heavy atom. The molecule has 7 heteroatoms. The van der Waals surface area contributed by atoms with Crippen LogP contribution in [0.3, 0.4) is 0 Å². The third-order valence-electron chi connectivity index (χ3n) is 4.52. The molecule has 152 valence electrons. The average Bonchev–Trinajstić information content (AvgIpc) is 3.21. The topological polar surface area (TPSA) is 64.5 Å². The van der Waals surface area contributed by atoms with Crippen molar-refractivity contribution in [1.82, 2.24) is 9.97 Å². The smallest absolute Gasteiger partial charge is 0.260 e. The lowest BCUT2D eigenvalue weighted by Crippen LogP contribution is -2.30. The predicted molar refractivity (Wildman–Crippen MR) is 119 cm³/mol. The number of methoxy groups -OCH3 is 1. The monoisotopic (exact) mass is 419 g/mol. The predicted octanol–water partition coefficient (Wildman–Crippen LogP) is 4.95. The van der Waals surface area contributed by atoms with Crippen LogP contribution in [-0.4, -0.2) is 29.6 Å². The third kappa shape index (κ3) is 4.26. The zero-order valence-electron chi connectivity index (χ0n) is 16.7. The Bertz CT molecular complexity index is 1140. The number of aromatic nitrogens is 2.